The minimum absolute atomic E-state index is 0.0991. The molecule has 3 nitrogen and oxygen atoms in total. The van der Waals surface area contributed by atoms with E-state index < -0.39 is 0 Å². The van der Waals surface area contributed by atoms with Crippen molar-refractivity contribution < 1.29 is 4.79 Å². The number of rotatable bonds is 2. The third-order valence-electron chi connectivity index (χ3n) is 3.72. The van der Waals surface area contributed by atoms with Crippen LogP contribution < -0.4 is 5.32 Å². The molecule has 1 aliphatic heterocycles. The Morgan fingerprint density at radius 2 is 1.67 bits per heavy atom. The highest BCUT2D eigenvalue weighted by Crippen LogP contribution is 2.26. The second-order valence-electron chi connectivity index (χ2n) is 5.09. The molecule has 1 heterocycles. The summed E-state index contributed by atoms with van der Waals surface area (Å²) in [6.07, 6.45) is 0. The van der Waals surface area contributed by atoms with Crippen LogP contribution in [0.4, 0.5) is 0 Å². The summed E-state index contributed by atoms with van der Waals surface area (Å²) < 4.78 is 0. The lowest BCUT2D eigenvalue weighted by Gasteiger charge is -2.28. The first-order valence-electron chi connectivity index (χ1n) is 7.10. The Balaban J connectivity index is 1.95. The van der Waals surface area contributed by atoms with Crippen molar-refractivity contribution in [1.82, 2.24) is 10.2 Å². The van der Waals surface area contributed by atoms with Gasteiger partial charge in [0.2, 0.25) is 0 Å². The summed E-state index contributed by atoms with van der Waals surface area (Å²) in [4.78, 5) is 14.6. The van der Waals surface area contributed by atoms with Crippen molar-refractivity contribution in [2.45, 2.75) is 0 Å². The molecule has 0 radical (unpaired) electrons. The van der Waals surface area contributed by atoms with Gasteiger partial charge in [-0.2, -0.15) is 0 Å². The van der Waals surface area contributed by atoms with Gasteiger partial charge in [0.05, 0.1) is 0 Å². The van der Waals surface area contributed by atoms with Crippen LogP contribution in [0, 0.1) is 0 Å². The number of benzene rings is 2. The lowest BCUT2D eigenvalue weighted by atomic mass is 9.98. The smallest absolute Gasteiger partial charge is 0.254 e. The van der Waals surface area contributed by atoms with E-state index in [2.05, 4.69) is 5.32 Å². The maximum atomic E-state index is 12.7. The fraction of sp³-hybridized carbons (Fsp3) is 0.235. The molecule has 0 atom stereocenters. The molecule has 0 unspecified atom stereocenters. The molecule has 3 rings (SSSR count). The molecule has 2 aromatic carbocycles. The number of carbonyl (C=O) groups is 1. The number of hydrogen-bond acceptors (Lipinski definition) is 2. The van der Waals surface area contributed by atoms with Gasteiger partial charge in [-0.15, -0.1) is 0 Å². The average molecular weight is 301 g/mol. The van der Waals surface area contributed by atoms with Crippen LogP contribution >= 0.6 is 11.6 Å². The van der Waals surface area contributed by atoms with E-state index in [9.17, 15) is 4.79 Å². The molecule has 1 N–H and O–H groups in total. The quantitative estimate of drug-likeness (QED) is 0.924. The van der Waals surface area contributed by atoms with Gasteiger partial charge in [0.1, 0.15) is 0 Å². The maximum Gasteiger partial charge on any atom is 0.254 e. The van der Waals surface area contributed by atoms with Crippen molar-refractivity contribution in [2.75, 3.05) is 26.2 Å². The first kappa shape index (κ1) is 14.1. The SMILES string of the molecule is O=C(c1ccccc1-c1ccc(Cl)cc1)N1CCNCC1. The third-order valence-corrected chi connectivity index (χ3v) is 3.97. The normalized spacial score (nSPS) is 15.0. The van der Waals surface area contributed by atoms with Gasteiger partial charge in [-0.05, 0) is 29.3 Å². The Labute approximate surface area is 129 Å². The summed E-state index contributed by atoms with van der Waals surface area (Å²) in [5.41, 5.74) is 2.72. The molecule has 0 saturated carbocycles. The third kappa shape index (κ3) is 3.09. The highest BCUT2D eigenvalue weighted by molar-refractivity contribution is 6.30. The molecule has 1 aliphatic rings. The van der Waals surface area contributed by atoms with Crippen molar-refractivity contribution in [3.05, 3.63) is 59.1 Å². The van der Waals surface area contributed by atoms with Gasteiger partial charge in [-0.1, -0.05) is 41.9 Å². The maximum absolute atomic E-state index is 12.7. The predicted octanol–water partition coefficient (Wildman–Crippen LogP) is 3.05. The molecular formula is C17H17ClN2O. The molecule has 1 saturated heterocycles. The van der Waals surface area contributed by atoms with Crippen LogP contribution in [-0.4, -0.2) is 37.0 Å². The van der Waals surface area contributed by atoms with Gasteiger partial charge in [-0.3, -0.25) is 4.79 Å². The number of nitrogens with zero attached hydrogens (tertiary/aromatic N) is 1. The number of carbonyl (C=O) groups excluding carboxylic acids is 1. The second-order valence-corrected chi connectivity index (χ2v) is 5.53. The van der Waals surface area contributed by atoms with Crippen LogP contribution in [0.1, 0.15) is 10.4 Å². The lowest BCUT2D eigenvalue weighted by Crippen LogP contribution is -2.46. The van der Waals surface area contributed by atoms with Gasteiger partial charge in [0, 0.05) is 36.8 Å². The summed E-state index contributed by atoms with van der Waals surface area (Å²) >= 11 is 5.94. The van der Waals surface area contributed by atoms with Crippen molar-refractivity contribution >= 4 is 17.5 Å². The molecule has 0 aromatic heterocycles. The fourth-order valence-corrected chi connectivity index (χ4v) is 2.72. The molecule has 0 spiro atoms. The summed E-state index contributed by atoms with van der Waals surface area (Å²) in [5, 5.41) is 3.96. The van der Waals surface area contributed by atoms with Crippen molar-refractivity contribution in [3.8, 4) is 11.1 Å². The molecule has 2 aromatic rings. The second kappa shape index (κ2) is 6.29. The molecule has 21 heavy (non-hydrogen) atoms. The highest BCUT2D eigenvalue weighted by atomic mass is 35.5. The van der Waals surface area contributed by atoms with E-state index in [-0.39, 0.29) is 5.91 Å². The molecule has 1 fully saturated rings. The molecule has 0 bridgehead atoms. The first-order chi connectivity index (χ1) is 10.3. The van der Waals surface area contributed by atoms with Gasteiger partial charge in [0.15, 0.2) is 0 Å². The Kier molecular flexibility index (Phi) is 4.23. The first-order valence-corrected chi connectivity index (χ1v) is 7.48. The zero-order chi connectivity index (χ0) is 14.7. The minimum Gasteiger partial charge on any atom is -0.336 e. The van der Waals surface area contributed by atoms with Gasteiger partial charge in [0.25, 0.3) is 5.91 Å². The summed E-state index contributed by atoms with van der Waals surface area (Å²) in [5.74, 6) is 0.0991. The Bertz CT molecular complexity index is 633. The number of hydrogen-bond donors (Lipinski definition) is 1. The van der Waals surface area contributed by atoms with E-state index in [1.165, 1.54) is 0 Å². The number of halogens is 1. The average Bonchev–Trinajstić information content (AvgIpc) is 2.56. The lowest BCUT2D eigenvalue weighted by molar-refractivity contribution is 0.0736. The topological polar surface area (TPSA) is 32.3 Å². The van der Waals surface area contributed by atoms with Crippen molar-refractivity contribution in [1.29, 1.82) is 0 Å². The van der Waals surface area contributed by atoms with E-state index in [1.54, 1.807) is 0 Å². The highest BCUT2D eigenvalue weighted by Gasteiger charge is 2.20. The molecule has 1 amide bonds. The van der Waals surface area contributed by atoms with Gasteiger partial charge in [-0.25, -0.2) is 0 Å². The van der Waals surface area contributed by atoms with Crippen molar-refractivity contribution in [2.24, 2.45) is 0 Å². The molecule has 4 heteroatoms. The van der Waals surface area contributed by atoms with Gasteiger partial charge >= 0.3 is 0 Å². The van der Waals surface area contributed by atoms with E-state index in [0.29, 0.717) is 5.02 Å². The van der Waals surface area contributed by atoms with Crippen LogP contribution in [0.15, 0.2) is 48.5 Å². The summed E-state index contributed by atoms with van der Waals surface area (Å²) in [7, 11) is 0. The summed E-state index contributed by atoms with van der Waals surface area (Å²) in [6, 6.07) is 15.4. The standard InChI is InChI=1S/C17H17ClN2O/c18-14-7-5-13(6-8-14)15-3-1-2-4-16(15)17(21)20-11-9-19-10-12-20/h1-8,19H,9-12H2. The van der Waals surface area contributed by atoms with Crippen LogP contribution in [0.2, 0.25) is 5.02 Å². The van der Waals surface area contributed by atoms with Crippen LogP contribution in [-0.2, 0) is 0 Å². The van der Waals surface area contributed by atoms with Crippen LogP contribution in [0.5, 0.6) is 0 Å². The molecule has 108 valence electrons. The number of piperazine rings is 1. The predicted molar refractivity (Wildman–Crippen MR) is 85.7 cm³/mol. The summed E-state index contributed by atoms with van der Waals surface area (Å²) in [6.45, 7) is 3.23. The van der Waals surface area contributed by atoms with E-state index in [1.807, 2.05) is 53.4 Å². The number of amides is 1. The largest absolute Gasteiger partial charge is 0.336 e. The zero-order valence-electron chi connectivity index (χ0n) is 11.7. The van der Waals surface area contributed by atoms with E-state index in [4.69, 9.17) is 11.6 Å². The van der Waals surface area contributed by atoms with Crippen LogP contribution in [0.25, 0.3) is 11.1 Å². The van der Waals surface area contributed by atoms with Gasteiger partial charge < -0.3 is 10.2 Å². The zero-order valence-corrected chi connectivity index (χ0v) is 12.4. The van der Waals surface area contributed by atoms with Crippen molar-refractivity contribution in [3.63, 3.8) is 0 Å². The molecule has 0 aliphatic carbocycles. The van der Waals surface area contributed by atoms with Crippen LogP contribution in [0.3, 0.4) is 0 Å². The Hall–Kier alpha value is -1.84. The monoisotopic (exact) mass is 300 g/mol. The molecular weight excluding hydrogens is 284 g/mol. The Morgan fingerprint density at radius 1 is 1.00 bits per heavy atom. The Morgan fingerprint density at radius 3 is 2.38 bits per heavy atom. The number of nitrogens with one attached hydrogen (secondary N) is 1. The fourth-order valence-electron chi connectivity index (χ4n) is 2.59. The minimum atomic E-state index is 0.0991. The van der Waals surface area contributed by atoms with E-state index in [0.717, 1.165) is 42.9 Å². The van der Waals surface area contributed by atoms with E-state index >= 15 is 0 Å².